The first kappa shape index (κ1) is 18.7. The first-order valence-electron chi connectivity index (χ1n) is 7.51. The van der Waals surface area contributed by atoms with E-state index in [1.54, 1.807) is 0 Å². The third-order valence-electron chi connectivity index (χ3n) is 2.97. The lowest BCUT2D eigenvalue weighted by Gasteiger charge is -2.09. The zero-order chi connectivity index (χ0) is 18.4. The van der Waals surface area contributed by atoms with Crippen LogP contribution in [-0.2, 0) is 11.2 Å². The Morgan fingerprint density at radius 1 is 1.36 bits per heavy atom. The fourth-order valence-electron chi connectivity index (χ4n) is 1.74. The maximum Gasteiger partial charge on any atom is 0.422 e. The van der Waals surface area contributed by atoms with Gasteiger partial charge in [0.05, 0.1) is 11.9 Å². The Bertz CT molecular complexity index is 699. The van der Waals surface area contributed by atoms with Crippen molar-refractivity contribution in [2.75, 3.05) is 11.9 Å². The van der Waals surface area contributed by atoms with Crippen LogP contribution in [0.4, 0.5) is 18.9 Å². The summed E-state index contributed by atoms with van der Waals surface area (Å²) in [6.07, 6.45) is -2.82. The number of halogens is 3. The third kappa shape index (κ3) is 6.40. The molecule has 0 spiro atoms. The normalized spacial score (nSPS) is 11.6. The van der Waals surface area contributed by atoms with Crippen molar-refractivity contribution in [2.24, 2.45) is 0 Å². The Balaban J connectivity index is 1.79. The van der Waals surface area contributed by atoms with E-state index in [2.05, 4.69) is 25.2 Å². The second-order valence-electron chi connectivity index (χ2n) is 5.54. The van der Waals surface area contributed by atoms with Crippen molar-refractivity contribution >= 4 is 11.6 Å². The van der Waals surface area contributed by atoms with Gasteiger partial charge in [0.1, 0.15) is 0 Å². The van der Waals surface area contributed by atoms with Gasteiger partial charge in [0.2, 0.25) is 17.7 Å². The summed E-state index contributed by atoms with van der Waals surface area (Å²) < 4.78 is 45.6. The number of alkyl halides is 3. The highest BCUT2D eigenvalue weighted by Crippen LogP contribution is 2.18. The van der Waals surface area contributed by atoms with Crippen LogP contribution in [0, 0.1) is 0 Å². The second kappa shape index (κ2) is 7.95. The van der Waals surface area contributed by atoms with E-state index in [1.165, 1.54) is 18.3 Å². The molecule has 2 aromatic rings. The molecule has 0 unspecified atom stereocenters. The summed E-state index contributed by atoms with van der Waals surface area (Å²) in [5, 5.41) is 6.37. The summed E-state index contributed by atoms with van der Waals surface area (Å²) in [6, 6.07) is 2.65. The van der Waals surface area contributed by atoms with Gasteiger partial charge in [-0.05, 0) is 6.07 Å². The zero-order valence-corrected chi connectivity index (χ0v) is 13.6. The van der Waals surface area contributed by atoms with Gasteiger partial charge in [-0.1, -0.05) is 19.0 Å². The van der Waals surface area contributed by atoms with Gasteiger partial charge < -0.3 is 14.6 Å². The molecule has 1 N–H and O–H groups in total. The number of nitrogens with one attached hydrogen (secondary N) is 1. The minimum absolute atomic E-state index is 0.117. The highest BCUT2D eigenvalue weighted by Gasteiger charge is 2.28. The fourth-order valence-corrected chi connectivity index (χ4v) is 1.74. The highest BCUT2D eigenvalue weighted by molar-refractivity contribution is 5.90. The number of anilines is 1. The van der Waals surface area contributed by atoms with Crippen molar-refractivity contribution in [3.63, 3.8) is 0 Å². The predicted molar refractivity (Wildman–Crippen MR) is 81.1 cm³/mol. The molecule has 2 aromatic heterocycles. The summed E-state index contributed by atoms with van der Waals surface area (Å²) in [6.45, 7) is 2.43. The molecule has 0 bridgehead atoms. The predicted octanol–water partition coefficient (Wildman–Crippen LogP) is 3.10. The quantitative estimate of drug-likeness (QED) is 0.818. The number of nitrogens with zero attached hydrogens (tertiary/aromatic N) is 3. The number of hydrogen-bond donors (Lipinski definition) is 1. The number of aryl methyl sites for hydroxylation is 1. The van der Waals surface area contributed by atoms with Gasteiger partial charge in [0.25, 0.3) is 0 Å². The summed E-state index contributed by atoms with van der Waals surface area (Å²) in [4.78, 5) is 19.7. The molecule has 0 radical (unpaired) electrons. The van der Waals surface area contributed by atoms with Crippen LogP contribution in [0.25, 0.3) is 0 Å². The smallest absolute Gasteiger partial charge is 0.422 e. The number of aromatic nitrogens is 3. The molecule has 0 atom stereocenters. The van der Waals surface area contributed by atoms with E-state index in [4.69, 9.17) is 4.52 Å². The number of pyridine rings is 1. The van der Waals surface area contributed by atoms with E-state index < -0.39 is 12.8 Å². The SMILES string of the molecule is CC(C)c1noc(CCC(=O)Nc2ccc(OCC(F)(F)F)nc2)n1. The zero-order valence-electron chi connectivity index (χ0n) is 13.6. The minimum atomic E-state index is -4.43. The van der Waals surface area contributed by atoms with Gasteiger partial charge in [-0.3, -0.25) is 4.79 Å². The molecule has 7 nitrogen and oxygen atoms in total. The van der Waals surface area contributed by atoms with E-state index in [1.807, 2.05) is 13.8 Å². The Kier molecular flexibility index (Phi) is 5.94. The maximum atomic E-state index is 12.0. The number of rotatable bonds is 7. The molecule has 10 heteroatoms. The number of carbonyl (C=O) groups excluding carboxylic acids is 1. The van der Waals surface area contributed by atoms with E-state index in [9.17, 15) is 18.0 Å². The number of hydrogen-bond acceptors (Lipinski definition) is 6. The lowest BCUT2D eigenvalue weighted by molar-refractivity contribution is -0.154. The summed E-state index contributed by atoms with van der Waals surface area (Å²) in [5.41, 5.74) is 0.345. The van der Waals surface area contributed by atoms with E-state index in [0.717, 1.165) is 0 Å². The molecule has 0 aliphatic heterocycles. The van der Waals surface area contributed by atoms with Gasteiger partial charge in [-0.15, -0.1) is 0 Å². The molecule has 0 aliphatic rings. The van der Waals surface area contributed by atoms with Crippen LogP contribution >= 0.6 is 0 Å². The monoisotopic (exact) mass is 358 g/mol. The molecule has 0 fully saturated rings. The Morgan fingerprint density at radius 3 is 2.68 bits per heavy atom. The topological polar surface area (TPSA) is 90.1 Å². The van der Waals surface area contributed by atoms with Crippen molar-refractivity contribution in [1.82, 2.24) is 15.1 Å². The van der Waals surface area contributed by atoms with Gasteiger partial charge in [0.15, 0.2) is 12.4 Å². The maximum absolute atomic E-state index is 12.0. The van der Waals surface area contributed by atoms with Crippen molar-refractivity contribution in [2.45, 2.75) is 38.8 Å². The molecule has 0 saturated carbocycles. The van der Waals surface area contributed by atoms with Crippen LogP contribution in [0.15, 0.2) is 22.9 Å². The van der Waals surface area contributed by atoms with E-state index in [-0.39, 0.29) is 30.5 Å². The summed E-state index contributed by atoms with van der Waals surface area (Å²) in [7, 11) is 0. The van der Waals surface area contributed by atoms with Crippen LogP contribution < -0.4 is 10.1 Å². The number of ether oxygens (including phenoxy) is 1. The summed E-state index contributed by atoms with van der Waals surface area (Å²) >= 11 is 0. The molecule has 25 heavy (non-hydrogen) atoms. The van der Waals surface area contributed by atoms with Gasteiger partial charge >= 0.3 is 6.18 Å². The molecule has 0 aromatic carbocycles. The lowest BCUT2D eigenvalue weighted by Crippen LogP contribution is -2.19. The minimum Gasteiger partial charge on any atom is -0.468 e. The molecule has 2 heterocycles. The Hall–Kier alpha value is -2.65. The molecule has 1 amide bonds. The van der Waals surface area contributed by atoms with Crippen molar-refractivity contribution in [3.05, 3.63) is 30.0 Å². The first-order chi connectivity index (χ1) is 11.7. The number of carbonyl (C=O) groups is 1. The standard InChI is InChI=1S/C15H17F3N4O3/c1-9(2)14-21-13(25-22-14)6-4-11(23)20-10-3-5-12(19-7-10)24-8-15(16,17)18/h3,5,7,9H,4,6,8H2,1-2H3,(H,20,23). The average molecular weight is 358 g/mol. The molecule has 136 valence electrons. The van der Waals surface area contributed by atoms with Crippen molar-refractivity contribution in [1.29, 1.82) is 0 Å². The van der Waals surface area contributed by atoms with Crippen LogP contribution in [0.1, 0.15) is 37.9 Å². The first-order valence-corrected chi connectivity index (χ1v) is 7.51. The molecule has 0 aliphatic carbocycles. The number of amides is 1. The molecular weight excluding hydrogens is 341 g/mol. The van der Waals surface area contributed by atoms with Gasteiger partial charge in [0, 0.05) is 24.8 Å². The van der Waals surface area contributed by atoms with Crippen LogP contribution in [0.2, 0.25) is 0 Å². The van der Waals surface area contributed by atoms with Gasteiger partial charge in [-0.2, -0.15) is 18.2 Å². The van der Waals surface area contributed by atoms with Crippen LogP contribution in [0.5, 0.6) is 5.88 Å². The second-order valence-corrected chi connectivity index (χ2v) is 5.54. The van der Waals surface area contributed by atoms with E-state index >= 15 is 0 Å². The van der Waals surface area contributed by atoms with Crippen molar-refractivity contribution < 1.29 is 27.2 Å². The molecule has 2 rings (SSSR count). The average Bonchev–Trinajstić information content (AvgIpc) is 3.01. The Labute approximate surface area is 141 Å². The Morgan fingerprint density at radius 2 is 2.12 bits per heavy atom. The molecule has 0 saturated heterocycles. The third-order valence-corrected chi connectivity index (χ3v) is 2.97. The van der Waals surface area contributed by atoms with Crippen LogP contribution in [0.3, 0.4) is 0 Å². The molecular formula is C15H17F3N4O3. The highest BCUT2D eigenvalue weighted by atomic mass is 19.4. The largest absolute Gasteiger partial charge is 0.468 e. The summed E-state index contributed by atoms with van der Waals surface area (Å²) in [5.74, 6) is 0.592. The van der Waals surface area contributed by atoms with Crippen molar-refractivity contribution in [3.8, 4) is 5.88 Å². The van der Waals surface area contributed by atoms with Crippen LogP contribution in [-0.4, -0.2) is 33.8 Å². The van der Waals surface area contributed by atoms with E-state index in [0.29, 0.717) is 17.4 Å². The van der Waals surface area contributed by atoms with Gasteiger partial charge in [-0.25, -0.2) is 4.98 Å². The fraction of sp³-hybridized carbons (Fsp3) is 0.467. The lowest BCUT2D eigenvalue weighted by atomic mass is 10.2.